The van der Waals surface area contributed by atoms with Crippen LogP contribution in [0.5, 0.6) is 11.5 Å². The number of hydrogen-bond acceptors (Lipinski definition) is 7. The van der Waals surface area contributed by atoms with Gasteiger partial charge in [-0.2, -0.15) is 5.10 Å². The van der Waals surface area contributed by atoms with E-state index in [1.165, 1.54) is 0 Å². The van der Waals surface area contributed by atoms with Crippen molar-refractivity contribution in [3.8, 4) is 34.4 Å². The molecule has 0 N–H and O–H groups in total. The van der Waals surface area contributed by atoms with Crippen molar-refractivity contribution in [2.45, 2.75) is 66.2 Å². The molecule has 0 atom stereocenters. The fraction of sp³-hybridized carbons (Fsp3) is 0.593. The fourth-order valence-corrected chi connectivity index (χ4v) is 5.16. The van der Waals surface area contributed by atoms with E-state index in [0.29, 0.717) is 6.61 Å². The summed E-state index contributed by atoms with van der Waals surface area (Å²) in [6.45, 7) is 19.4. The van der Waals surface area contributed by atoms with Crippen molar-refractivity contribution < 1.29 is 9.47 Å². The van der Waals surface area contributed by atoms with Gasteiger partial charge < -0.3 is 14.0 Å². The van der Waals surface area contributed by atoms with Crippen molar-refractivity contribution in [2.24, 2.45) is 0 Å². The van der Waals surface area contributed by atoms with Crippen LogP contribution in [0.3, 0.4) is 0 Å². The number of aryl methyl sites for hydroxylation is 1. The number of rotatable bonds is 5. The predicted molar refractivity (Wildman–Crippen MR) is 140 cm³/mol. The van der Waals surface area contributed by atoms with Crippen LogP contribution in [-0.4, -0.2) is 79.5 Å². The monoisotopic (exact) mass is 493 g/mol. The van der Waals surface area contributed by atoms with Gasteiger partial charge in [0, 0.05) is 62.1 Å². The summed E-state index contributed by atoms with van der Waals surface area (Å²) in [4.78, 5) is 14.8. The van der Waals surface area contributed by atoms with Crippen molar-refractivity contribution in [2.75, 3.05) is 39.9 Å². The molecule has 2 aromatic heterocycles. The molecule has 0 amide bonds. The Morgan fingerprint density at radius 1 is 1.03 bits per heavy atom. The molecule has 2 aliphatic rings. The molecule has 9 heteroatoms. The molecule has 36 heavy (non-hydrogen) atoms. The highest BCUT2D eigenvalue weighted by molar-refractivity contribution is 5.71. The third kappa shape index (κ3) is 4.74. The Balaban J connectivity index is 1.48. The minimum Gasteiger partial charge on any atom is -0.496 e. The summed E-state index contributed by atoms with van der Waals surface area (Å²) in [6.07, 6.45) is 2.08. The van der Waals surface area contributed by atoms with Crippen LogP contribution < -0.4 is 9.47 Å². The summed E-state index contributed by atoms with van der Waals surface area (Å²) in [5, 5.41) is 4.58. The SMILES string of the molecule is COc1cc2c(cc1CN1CCN(C(C)(C)C)CC1)-c1nc(-c3nc(C)nn3C(C)C)cn1CCO2. The van der Waals surface area contributed by atoms with Gasteiger partial charge in [0.2, 0.25) is 0 Å². The third-order valence-electron chi connectivity index (χ3n) is 7.16. The number of benzene rings is 1. The molecule has 0 radical (unpaired) electrons. The maximum Gasteiger partial charge on any atom is 0.178 e. The Labute approximate surface area is 214 Å². The summed E-state index contributed by atoms with van der Waals surface area (Å²) >= 11 is 0. The Morgan fingerprint density at radius 2 is 1.78 bits per heavy atom. The van der Waals surface area contributed by atoms with Crippen LogP contribution in [-0.2, 0) is 13.1 Å². The summed E-state index contributed by atoms with van der Waals surface area (Å²) in [6, 6.07) is 4.44. The average molecular weight is 494 g/mol. The number of aromatic nitrogens is 5. The first-order valence-corrected chi connectivity index (χ1v) is 13.0. The molecule has 0 aliphatic carbocycles. The number of hydrogen-bond donors (Lipinski definition) is 0. The molecule has 0 unspecified atom stereocenters. The molecule has 194 valence electrons. The molecule has 4 heterocycles. The zero-order chi connectivity index (χ0) is 25.6. The molecule has 5 rings (SSSR count). The van der Waals surface area contributed by atoms with E-state index in [9.17, 15) is 0 Å². The van der Waals surface area contributed by atoms with E-state index in [0.717, 1.165) is 85.1 Å². The maximum absolute atomic E-state index is 6.15. The second-order valence-corrected chi connectivity index (χ2v) is 11.1. The Hall–Kier alpha value is -2.91. The summed E-state index contributed by atoms with van der Waals surface area (Å²) in [5.41, 5.74) is 3.19. The lowest BCUT2D eigenvalue weighted by atomic mass is 10.0. The number of piperazine rings is 1. The van der Waals surface area contributed by atoms with E-state index in [4.69, 9.17) is 14.5 Å². The highest BCUT2D eigenvalue weighted by atomic mass is 16.5. The topological polar surface area (TPSA) is 73.5 Å². The maximum atomic E-state index is 6.15. The minimum atomic E-state index is 0.202. The molecule has 1 saturated heterocycles. The zero-order valence-corrected chi connectivity index (χ0v) is 22.7. The molecule has 1 aromatic carbocycles. The van der Waals surface area contributed by atoms with Crippen LogP contribution in [0.25, 0.3) is 22.9 Å². The normalized spacial score (nSPS) is 17.0. The van der Waals surface area contributed by atoms with Gasteiger partial charge in [0.15, 0.2) is 5.82 Å². The van der Waals surface area contributed by atoms with Gasteiger partial charge in [-0.25, -0.2) is 14.6 Å². The number of fused-ring (bicyclic) bond motifs is 3. The molecule has 0 saturated carbocycles. The van der Waals surface area contributed by atoms with Gasteiger partial charge in [-0.15, -0.1) is 0 Å². The van der Waals surface area contributed by atoms with Crippen LogP contribution in [0.2, 0.25) is 0 Å². The van der Waals surface area contributed by atoms with Crippen molar-refractivity contribution in [3.05, 3.63) is 29.7 Å². The van der Waals surface area contributed by atoms with Gasteiger partial charge in [0.25, 0.3) is 0 Å². The minimum absolute atomic E-state index is 0.202. The summed E-state index contributed by atoms with van der Waals surface area (Å²) in [5.74, 6) is 4.13. The third-order valence-corrected chi connectivity index (χ3v) is 7.16. The van der Waals surface area contributed by atoms with Gasteiger partial charge >= 0.3 is 0 Å². The highest BCUT2D eigenvalue weighted by Gasteiger charge is 2.28. The lowest BCUT2D eigenvalue weighted by molar-refractivity contribution is 0.0588. The first kappa shape index (κ1) is 24.8. The summed E-state index contributed by atoms with van der Waals surface area (Å²) < 4.78 is 16.1. The zero-order valence-electron chi connectivity index (χ0n) is 22.7. The smallest absolute Gasteiger partial charge is 0.178 e. The standard InChI is InChI=1S/C27H39N7O2/c1-18(2)34-26(28-19(3)30-34)22-17-32-12-13-36-24-15-23(35-7)20(14-21(24)25(32)29-22)16-31-8-10-33(11-9-31)27(4,5)6/h14-15,17-18H,8-13,16H2,1-7H3. The van der Waals surface area contributed by atoms with Gasteiger partial charge in [-0.1, -0.05) is 0 Å². The molecular formula is C27H39N7O2. The van der Waals surface area contributed by atoms with Crippen LogP contribution in [0, 0.1) is 6.92 Å². The molecule has 9 nitrogen and oxygen atoms in total. The summed E-state index contributed by atoms with van der Waals surface area (Å²) in [7, 11) is 1.74. The van der Waals surface area contributed by atoms with Gasteiger partial charge in [0.05, 0.1) is 19.2 Å². The molecule has 0 spiro atoms. The van der Waals surface area contributed by atoms with Crippen molar-refractivity contribution in [1.29, 1.82) is 0 Å². The lowest BCUT2D eigenvalue weighted by Crippen LogP contribution is -2.53. The van der Waals surface area contributed by atoms with E-state index in [-0.39, 0.29) is 11.6 Å². The molecule has 1 fully saturated rings. The van der Waals surface area contributed by atoms with Crippen molar-refractivity contribution >= 4 is 0 Å². The number of methoxy groups -OCH3 is 1. The van der Waals surface area contributed by atoms with E-state index in [2.05, 4.69) is 71.3 Å². The molecular weight excluding hydrogens is 454 g/mol. The number of imidazole rings is 1. The van der Waals surface area contributed by atoms with Crippen molar-refractivity contribution in [3.63, 3.8) is 0 Å². The Bertz CT molecular complexity index is 1230. The first-order valence-electron chi connectivity index (χ1n) is 13.0. The van der Waals surface area contributed by atoms with E-state index in [1.54, 1.807) is 7.11 Å². The first-order chi connectivity index (χ1) is 17.1. The fourth-order valence-electron chi connectivity index (χ4n) is 5.16. The van der Waals surface area contributed by atoms with Gasteiger partial charge in [-0.3, -0.25) is 9.80 Å². The second kappa shape index (κ2) is 9.52. The highest BCUT2D eigenvalue weighted by Crippen LogP contribution is 2.39. The predicted octanol–water partition coefficient (Wildman–Crippen LogP) is 4.02. The molecule has 3 aromatic rings. The largest absolute Gasteiger partial charge is 0.496 e. The molecule has 2 aliphatic heterocycles. The van der Waals surface area contributed by atoms with E-state index in [1.807, 2.05) is 17.7 Å². The Morgan fingerprint density at radius 3 is 2.44 bits per heavy atom. The van der Waals surface area contributed by atoms with Crippen LogP contribution in [0.15, 0.2) is 18.3 Å². The van der Waals surface area contributed by atoms with E-state index < -0.39 is 0 Å². The van der Waals surface area contributed by atoms with Crippen molar-refractivity contribution in [1.82, 2.24) is 34.1 Å². The van der Waals surface area contributed by atoms with Crippen LogP contribution in [0.4, 0.5) is 0 Å². The van der Waals surface area contributed by atoms with Crippen LogP contribution in [0.1, 0.15) is 52.0 Å². The Kier molecular flexibility index (Phi) is 6.55. The quantitative estimate of drug-likeness (QED) is 0.532. The number of nitrogens with zero attached hydrogens (tertiary/aromatic N) is 7. The van der Waals surface area contributed by atoms with Crippen LogP contribution >= 0.6 is 0 Å². The second-order valence-electron chi connectivity index (χ2n) is 11.1. The molecule has 0 bridgehead atoms. The lowest BCUT2D eigenvalue weighted by Gasteiger charge is -2.42. The van der Waals surface area contributed by atoms with Gasteiger partial charge in [-0.05, 0) is 47.6 Å². The average Bonchev–Trinajstić information content (AvgIpc) is 3.39. The van der Waals surface area contributed by atoms with Gasteiger partial charge in [0.1, 0.15) is 35.4 Å². The number of ether oxygens (including phenoxy) is 2. The van der Waals surface area contributed by atoms with E-state index >= 15 is 0 Å².